The number of hydrogen-bond acceptors (Lipinski definition) is 6. The third-order valence-electron chi connectivity index (χ3n) is 5.96. The number of hydrogen-bond donors (Lipinski definition) is 0. The minimum atomic E-state index is -0.492. The zero-order valence-electron chi connectivity index (χ0n) is 17.9. The van der Waals surface area contributed by atoms with E-state index in [0.717, 1.165) is 19.6 Å². The maximum Gasteiger partial charge on any atom is 0.282 e. The van der Waals surface area contributed by atoms with Gasteiger partial charge in [-0.15, -0.1) is 0 Å². The highest BCUT2D eigenvalue weighted by Crippen LogP contribution is 2.37. The first-order chi connectivity index (χ1) is 15.3. The highest BCUT2D eigenvalue weighted by molar-refractivity contribution is 6.45. The summed E-state index contributed by atoms with van der Waals surface area (Å²) in [7, 11) is 0. The second-order valence-corrected chi connectivity index (χ2v) is 8.26. The summed E-state index contributed by atoms with van der Waals surface area (Å²) in [4.78, 5) is 43.2. The van der Waals surface area contributed by atoms with Gasteiger partial charge in [0.2, 0.25) is 0 Å². The zero-order valence-corrected chi connectivity index (χ0v) is 18.6. The molecule has 0 radical (unpaired) electrons. The Morgan fingerprint density at radius 3 is 2.22 bits per heavy atom. The van der Waals surface area contributed by atoms with Gasteiger partial charge in [0.15, 0.2) is 0 Å². The first-order valence-corrected chi connectivity index (χ1v) is 10.8. The molecule has 2 heterocycles. The molecule has 0 saturated carbocycles. The van der Waals surface area contributed by atoms with E-state index in [4.69, 9.17) is 11.6 Å². The number of halogens is 1. The SMILES string of the molecule is CCN1CCN(C2=C(c3ccc([N+](=O)[O-])cc3)C(=O)N(c3ccc(Cl)cc3C)C2=O)CC1. The van der Waals surface area contributed by atoms with Crippen molar-refractivity contribution in [1.29, 1.82) is 0 Å². The van der Waals surface area contributed by atoms with E-state index in [1.807, 2.05) is 4.90 Å². The summed E-state index contributed by atoms with van der Waals surface area (Å²) in [5, 5.41) is 11.6. The van der Waals surface area contributed by atoms with Crippen LogP contribution in [0.3, 0.4) is 0 Å². The minimum absolute atomic E-state index is 0.0744. The average molecular weight is 455 g/mol. The molecule has 2 aromatic carbocycles. The van der Waals surface area contributed by atoms with Crippen LogP contribution in [0.5, 0.6) is 0 Å². The largest absolute Gasteiger partial charge is 0.364 e. The van der Waals surface area contributed by atoms with Crippen molar-refractivity contribution in [2.45, 2.75) is 13.8 Å². The molecule has 0 unspecified atom stereocenters. The number of nitro groups is 1. The maximum atomic E-state index is 13.6. The first kappa shape index (κ1) is 22.0. The van der Waals surface area contributed by atoms with Crippen LogP contribution in [0.4, 0.5) is 11.4 Å². The molecule has 1 saturated heterocycles. The van der Waals surface area contributed by atoms with Crippen LogP contribution in [0.2, 0.25) is 5.02 Å². The van der Waals surface area contributed by atoms with E-state index < -0.39 is 16.7 Å². The zero-order chi connectivity index (χ0) is 23.0. The summed E-state index contributed by atoms with van der Waals surface area (Å²) in [6.07, 6.45) is 0. The molecule has 0 aromatic heterocycles. The molecule has 0 aliphatic carbocycles. The van der Waals surface area contributed by atoms with E-state index in [1.165, 1.54) is 29.2 Å². The highest BCUT2D eigenvalue weighted by atomic mass is 35.5. The Morgan fingerprint density at radius 2 is 1.66 bits per heavy atom. The number of piperazine rings is 1. The quantitative estimate of drug-likeness (QED) is 0.390. The summed E-state index contributed by atoms with van der Waals surface area (Å²) in [6, 6.07) is 10.8. The van der Waals surface area contributed by atoms with E-state index in [0.29, 0.717) is 40.6 Å². The summed E-state index contributed by atoms with van der Waals surface area (Å²) >= 11 is 6.07. The Morgan fingerprint density at radius 1 is 1.00 bits per heavy atom. The lowest BCUT2D eigenvalue weighted by Crippen LogP contribution is -2.47. The second kappa shape index (κ2) is 8.72. The average Bonchev–Trinajstić information content (AvgIpc) is 3.04. The smallest absolute Gasteiger partial charge is 0.282 e. The van der Waals surface area contributed by atoms with Crippen molar-refractivity contribution in [3.8, 4) is 0 Å². The van der Waals surface area contributed by atoms with Gasteiger partial charge in [0, 0.05) is 43.3 Å². The Kier molecular flexibility index (Phi) is 5.99. The lowest BCUT2D eigenvalue weighted by molar-refractivity contribution is -0.384. The number of amides is 2. The van der Waals surface area contributed by atoms with Crippen molar-refractivity contribution in [3.63, 3.8) is 0 Å². The van der Waals surface area contributed by atoms with Gasteiger partial charge in [-0.25, -0.2) is 4.90 Å². The lowest BCUT2D eigenvalue weighted by Gasteiger charge is -2.36. The molecule has 9 heteroatoms. The molecule has 166 valence electrons. The van der Waals surface area contributed by atoms with E-state index in [9.17, 15) is 19.7 Å². The Balaban J connectivity index is 1.79. The van der Waals surface area contributed by atoms with Gasteiger partial charge in [0.05, 0.1) is 16.2 Å². The van der Waals surface area contributed by atoms with Crippen LogP contribution in [0.15, 0.2) is 48.2 Å². The first-order valence-electron chi connectivity index (χ1n) is 10.4. The van der Waals surface area contributed by atoms with Gasteiger partial charge in [-0.2, -0.15) is 0 Å². The van der Waals surface area contributed by atoms with Gasteiger partial charge >= 0.3 is 0 Å². The van der Waals surface area contributed by atoms with Crippen molar-refractivity contribution in [2.75, 3.05) is 37.6 Å². The molecular formula is C23H23ClN4O4. The fourth-order valence-electron chi connectivity index (χ4n) is 4.20. The lowest BCUT2D eigenvalue weighted by atomic mass is 10.0. The molecule has 4 rings (SSSR count). The van der Waals surface area contributed by atoms with Crippen molar-refractivity contribution >= 4 is 40.4 Å². The Bertz CT molecular complexity index is 1120. The Labute approximate surface area is 190 Å². The predicted molar refractivity (Wildman–Crippen MR) is 122 cm³/mol. The number of nitro benzene ring substituents is 1. The molecule has 2 amide bonds. The molecule has 32 heavy (non-hydrogen) atoms. The van der Waals surface area contributed by atoms with E-state index in [-0.39, 0.29) is 11.3 Å². The molecule has 0 bridgehead atoms. The van der Waals surface area contributed by atoms with Gasteiger partial charge in [0.25, 0.3) is 17.5 Å². The highest BCUT2D eigenvalue weighted by Gasteiger charge is 2.43. The number of benzene rings is 2. The predicted octanol–water partition coefficient (Wildman–Crippen LogP) is 3.48. The van der Waals surface area contributed by atoms with Gasteiger partial charge in [-0.05, 0) is 54.9 Å². The molecule has 0 atom stereocenters. The number of carbonyl (C=O) groups excluding carboxylic acids is 2. The normalized spacial score (nSPS) is 17.5. The molecule has 2 aliphatic heterocycles. The van der Waals surface area contributed by atoms with Crippen LogP contribution in [0, 0.1) is 17.0 Å². The number of likely N-dealkylation sites (N-methyl/N-ethyl adjacent to an activating group) is 1. The van der Waals surface area contributed by atoms with Gasteiger partial charge in [0.1, 0.15) is 5.70 Å². The monoisotopic (exact) mass is 454 g/mol. The maximum absolute atomic E-state index is 13.6. The molecule has 2 aromatic rings. The van der Waals surface area contributed by atoms with Crippen molar-refractivity contribution < 1.29 is 14.5 Å². The molecular weight excluding hydrogens is 432 g/mol. The van der Waals surface area contributed by atoms with E-state index in [2.05, 4.69) is 11.8 Å². The third kappa shape index (κ3) is 3.87. The molecule has 0 spiro atoms. The number of carbonyl (C=O) groups is 2. The second-order valence-electron chi connectivity index (χ2n) is 7.83. The summed E-state index contributed by atoms with van der Waals surface area (Å²) in [5.41, 5.74) is 2.20. The van der Waals surface area contributed by atoms with Gasteiger partial charge < -0.3 is 9.80 Å². The topological polar surface area (TPSA) is 87.0 Å². The van der Waals surface area contributed by atoms with Crippen LogP contribution in [0.1, 0.15) is 18.1 Å². The van der Waals surface area contributed by atoms with Crippen molar-refractivity contribution in [1.82, 2.24) is 9.80 Å². The summed E-state index contributed by atoms with van der Waals surface area (Å²) < 4.78 is 0. The summed E-state index contributed by atoms with van der Waals surface area (Å²) in [5.74, 6) is -0.832. The Hall–Kier alpha value is -3.23. The van der Waals surface area contributed by atoms with Crippen LogP contribution in [0.25, 0.3) is 5.57 Å². The third-order valence-corrected chi connectivity index (χ3v) is 6.20. The fraction of sp³-hybridized carbons (Fsp3) is 0.304. The molecule has 2 aliphatic rings. The van der Waals surface area contributed by atoms with Crippen molar-refractivity contribution in [3.05, 3.63) is 74.4 Å². The van der Waals surface area contributed by atoms with Crippen LogP contribution in [-0.2, 0) is 9.59 Å². The minimum Gasteiger partial charge on any atom is -0.364 e. The molecule has 0 N–H and O–H groups in total. The van der Waals surface area contributed by atoms with E-state index in [1.54, 1.807) is 25.1 Å². The standard InChI is InChI=1S/C23H23ClN4O4/c1-3-25-10-12-26(13-11-25)21-20(16-4-7-18(8-5-16)28(31)32)22(29)27(23(21)30)19-9-6-17(24)14-15(19)2/h4-9,14H,3,10-13H2,1-2H3. The number of anilines is 1. The van der Waals surface area contributed by atoms with Gasteiger partial charge in [-0.3, -0.25) is 19.7 Å². The molecule has 1 fully saturated rings. The number of non-ortho nitro benzene ring substituents is 1. The number of aryl methyl sites for hydroxylation is 1. The number of nitrogens with zero attached hydrogens (tertiary/aromatic N) is 4. The summed E-state index contributed by atoms with van der Waals surface area (Å²) in [6.45, 7) is 7.62. The van der Waals surface area contributed by atoms with Gasteiger partial charge in [-0.1, -0.05) is 18.5 Å². The fourth-order valence-corrected chi connectivity index (χ4v) is 4.42. The van der Waals surface area contributed by atoms with Crippen LogP contribution >= 0.6 is 11.6 Å². The number of imide groups is 1. The van der Waals surface area contributed by atoms with Crippen molar-refractivity contribution in [2.24, 2.45) is 0 Å². The van der Waals surface area contributed by atoms with E-state index >= 15 is 0 Å². The van der Waals surface area contributed by atoms with Crippen LogP contribution in [-0.4, -0.2) is 59.3 Å². The molecule has 8 nitrogen and oxygen atoms in total. The van der Waals surface area contributed by atoms with Crippen LogP contribution < -0.4 is 4.90 Å². The number of rotatable bonds is 5.